The van der Waals surface area contributed by atoms with Gasteiger partial charge in [0.2, 0.25) is 0 Å². The number of aromatic hydroxyl groups is 1. The molecule has 1 fully saturated rings. The molecule has 56 heavy (non-hydrogen) atoms. The van der Waals surface area contributed by atoms with Gasteiger partial charge in [-0.2, -0.15) is 0 Å². The number of esters is 2. The predicted octanol–water partition coefficient (Wildman–Crippen LogP) is 5.03. The minimum atomic E-state index is -1.49. The second-order valence-corrected chi connectivity index (χ2v) is 14.4. The molecule has 6 aromatic rings. The standard InChI is InChI=1S/C40H25AsN5O10/c42-19-22-9-11-29(41-37(48)31-17-36(56-45-31)26-6-2-4-8-34(26)53-24-13-14-52-21-24)27(15-22)39(50)54-40(51)28-16-23(20-43)10-12-30(28)44-38(49)32-18-35(55-46-32)25-5-1-3-7-33(25)47/h1-12,15-18,24,47H,13-14,21H2,(H,44,49). The first-order valence-corrected chi connectivity index (χ1v) is 18.6. The van der Waals surface area contributed by atoms with Gasteiger partial charge in [0.25, 0.3) is 0 Å². The predicted molar refractivity (Wildman–Crippen MR) is 195 cm³/mol. The molecule has 1 radical (unpaired) electrons. The molecule has 1 unspecified atom stereocenters. The van der Waals surface area contributed by atoms with Crippen LogP contribution in [0.2, 0.25) is 0 Å². The number of hydrogen-bond donors (Lipinski definition) is 2. The van der Waals surface area contributed by atoms with Crippen molar-refractivity contribution in [2.45, 2.75) is 12.5 Å². The Kier molecular flexibility index (Phi) is 10.8. The normalized spacial score (nSPS) is 13.5. The number of phenols is 1. The molecule has 2 aromatic heterocycles. The number of rotatable bonds is 11. The Hall–Kier alpha value is -7.32. The molecular weight excluding hydrogens is 785 g/mol. The number of para-hydroxylation sites is 2. The van der Waals surface area contributed by atoms with Crippen LogP contribution in [0.3, 0.4) is 0 Å². The topological polar surface area (TPSA) is 228 Å². The molecule has 275 valence electrons. The first kappa shape index (κ1) is 37.0. The Balaban J connectivity index is 1.09. The van der Waals surface area contributed by atoms with E-state index in [9.17, 15) is 34.8 Å². The zero-order chi connectivity index (χ0) is 39.2. The van der Waals surface area contributed by atoms with Crippen molar-refractivity contribution in [2.24, 2.45) is 0 Å². The second kappa shape index (κ2) is 16.4. The molecule has 0 bridgehead atoms. The van der Waals surface area contributed by atoms with Crippen LogP contribution in [0.1, 0.15) is 59.2 Å². The van der Waals surface area contributed by atoms with Crippen LogP contribution in [0, 0.1) is 22.7 Å². The quantitative estimate of drug-likeness (QED) is 0.0994. The van der Waals surface area contributed by atoms with E-state index in [-0.39, 0.29) is 72.6 Å². The summed E-state index contributed by atoms with van der Waals surface area (Å²) in [5.74, 6) is -2.41. The van der Waals surface area contributed by atoms with Crippen LogP contribution in [0.15, 0.2) is 106 Å². The van der Waals surface area contributed by atoms with Gasteiger partial charge in [0.1, 0.15) is 5.75 Å². The molecule has 2 N–H and O–H groups in total. The number of phenolic OH excluding ortho intramolecular Hbond substituents is 1. The van der Waals surface area contributed by atoms with Gasteiger partial charge in [-0.1, -0.05) is 12.1 Å². The SMILES string of the molecule is N#Cc1ccc(NC(=O)c2cc(-c3ccccc3O)on2)c(C(=O)OC(=O)c2cc(C#N)ccc2[As]C(=O)c2cc(-c3ccccc3OC3CCOC3)on2)c1. The molecule has 7 rings (SSSR count). The van der Waals surface area contributed by atoms with Crippen LogP contribution in [0.5, 0.6) is 11.5 Å². The number of ether oxygens (including phenoxy) is 3. The van der Waals surface area contributed by atoms with Gasteiger partial charge in [-0.25, -0.2) is 0 Å². The van der Waals surface area contributed by atoms with Gasteiger partial charge in [0.05, 0.1) is 5.56 Å². The van der Waals surface area contributed by atoms with Gasteiger partial charge in [-0.15, -0.1) is 0 Å². The third-order valence-electron chi connectivity index (χ3n) is 8.35. The summed E-state index contributed by atoms with van der Waals surface area (Å²) in [4.78, 5) is 53.8. The molecule has 1 aliphatic heterocycles. The summed E-state index contributed by atoms with van der Waals surface area (Å²) >= 11 is -1.49. The Labute approximate surface area is 323 Å². The van der Waals surface area contributed by atoms with Crippen molar-refractivity contribution in [1.29, 1.82) is 10.5 Å². The summed E-state index contributed by atoms with van der Waals surface area (Å²) in [6.07, 6.45) is 0.605. The fourth-order valence-corrected chi connectivity index (χ4v) is 7.37. The third-order valence-corrected chi connectivity index (χ3v) is 10.6. The third kappa shape index (κ3) is 8.10. The average molecular weight is 811 g/mol. The molecule has 0 aliphatic carbocycles. The van der Waals surface area contributed by atoms with Crippen molar-refractivity contribution in [3.05, 3.63) is 131 Å². The molecular formula is C40H25AsN5O10. The van der Waals surface area contributed by atoms with Crippen molar-refractivity contribution < 1.29 is 47.5 Å². The number of anilines is 1. The van der Waals surface area contributed by atoms with Crippen LogP contribution in [-0.2, 0) is 9.47 Å². The fourth-order valence-electron chi connectivity index (χ4n) is 5.56. The number of hydrogen-bond acceptors (Lipinski definition) is 14. The minimum absolute atomic E-state index is 0.00717. The van der Waals surface area contributed by atoms with Crippen LogP contribution >= 0.6 is 0 Å². The van der Waals surface area contributed by atoms with Crippen molar-refractivity contribution in [3.63, 3.8) is 0 Å². The van der Waals surface area contributed by atoms with E-state index in [1.807, 2.05) is 18.2 Å². The molecule has 0 spiro atoms. The number of carbonyl (C=O) groups excluding carboxylic acids is 4. The average Bonchev–Trinajstić information content (AvgIpc) is 4.02. The second-order valence-electron chi connectivity index (χ2n) is 12.0. The van der Waals surface area contributed by atoms with Crippen molar-refractivity contribution in [3.8, 4) is 46.3 Å². The number of carbonyl (C=O) groups is 4. The van der Waals surface area contributed by atoms with Crippen LogP contribution < -0.4 is 14.4 Å². The van der Waals surface area contributed by atoms with Gasteiger partial charge in [-0.05, 0) is 12.1 Å². The van der Waals surface area contributed by atoms with Gasteiger partial charge in [-0.3, -0.25) is 0 Å². The molecule has 1 saturated heterocycles. The van der Waals surface area contributed by atoms with Gasteiger partial charge >= 0.3 is 284 Å². The van der Waals surface area contributed by atoms with E-state index >= 15 is 0 Å². The first-order chi connectivity index (χ1) is 27.2. The monoisotopic (exact) mass is 810 g/mol. The van der Waals surface area contributed by atoms with Crippen LogP contribution in [-0.4, -0.2) is 72.9 Å². The summed E-state index contributed by atoms with van der Waals surface area (Å²) < 4.78 is 27.2. The number of benzene rings is 4. The van der Waals surface area contributed by atoms with E-state index in [2.05, 4.69) is 15.6 Å². The molecule has 15 nitrogen and oxygen atoms in total. The van der Waals surface area contributed by atoms with E-state index < -0.39 is 38.2 Å². The molecule has 1 atom stereocenters. The first-order valence-electron chi connectivity index (χ1n) is 16.7. The molecule has 0 saturated carbocycles. The summed E-state index contributed by atoms with van der Waals surface area (Å²) in [6, 6.07) is 27.7. The van der Waals surface area contributed by atoms with Crippen molar-refractivity contribution >= 4 is 48.2 Å². The van der Waals surface area contributed by atoms with E-state index in [1.54, 1.807) is 36.4 Å². The van der Waals surface area contributed by atoms with Crippen molar-refractivity contribution in [2.75, 3.05) is 18.5 Å². The number of nitriles is 2. The fraction of sp³-hybridized carbons (Fsp3) is 0.100. The van der Waals surface area contributed by atoms with Gasteiger partial charge < -0.3 is 5.11 Å². The molecule has 4 aromatic carbocycles. The van der Waals surface area contributed by atoms with Gasteiger partial charge in [0.15, 0.2) is 0 Å². The summed E-state index contributed by atoms with van der Waals surface area (Å²) in [7, 11) is 0. The van der Waals surface area contributed by atoms with E-state index in [0.717, 1.165) is 12.5 Å². The van der Waals surface area contributed by atoms with Gasteiger partial charge in [0, 0.05) is 0 Å². The van der Waals surface area contributed by atoms with E-state index in [0.29, 0.717) is 24.5 Å². The maximum absolute atomic E-state index is 13.6. The number of nitrogens with zero attached hydrogens (tertiary/aromatic N) is 4. The summed E-state index contributed by atoms with van der Waals surface area (Å²) in [5.41, 5.74) is 0.0425. The van der Waals surface area contributed by atoms with E-state index in [1.165, 1.54) is 48.5 Å². The Morgan fingerprint density at radius 3 is 2.16 bits per heavy atom. The zero-order valence-electron chi connectivity index (χ0n) is 28.8. The van der Waals surface area contributed by atoms with Crippen LogP contribution in [0.25, 0.3) is 22.6 Å². The molecule has 16 heteroatoms. The van der Waals surface area contributed by atoms with Crippen LogP contribution in [0.4, 0.5) is 5.69 Å². The molecule has 1 aliphatic rings. The Morgan fingerprint density at radius 2 is 1.43 bits per heavy atom. The summed E-state index contributed by atoms with van der Waals surface area (Å²) in [5, 5.41) is 39.4. The number of aromatic nitrogens is 2. The van der Waals surface area contributed by atoms with Crippen molar-refractivity contribution in [1.82, 2.24) is 10.3 Å². The molecule has 3 heterocycles. The molecule has 1 amide bonds. The number of nitrogens with one attached hydrogen (secondary N) is 1. The zero-order valence-corrected chi connectivity index (χ0v) is 30.7. The Bertz CT molecular complexity index is 2600. The number of amides is 1. The maximum atomic E-state index is 13.6. The Morgan fingerprint density at radius 1 is 0.786 bits per heavy atom. The van der Waals surface area contributed by atoms with E-state index in [4.69, 9.17) is 23.3 Å². The summed E-state index contributed by atoms with van der Waals surface area (Å²) in [6.45, 7) is 1.05.